The van der Waals surface area contributed by atoms with Crippen molar-refractivity contribution in [3.63, 3.8) is 0 Å². The number of rotatable bonds is 7. The lowest BCUT2D eigenvalue weighted by Gasteiger charge is -2.17. The number of sulfonamides is 1. The van der Waals surface area contributed by atoms with Crippen molar-refractivity contribution in [2.75, 3.05) is 0 Å². The summed E-state index contributed by atoms with van der Waals surface area (Å²) in [6.07, 6.45) is 1.87. The van der Waals surface area contributed by atoms with Gasteiger partial charge in [-0.15, -0.1) is 11.3 Å². The maximum absolute atomic E-state index is 12.1. The zero-order valence-electron chi connectivity index (χ0n) is 11.0. The molecule has 1 heterocycles. The van der Waals surface area contributed by atoms with Gasteiger partial charge in [-0.05, 0) is 25.3 Å². The molecule has 0 aliphatic heterocycles. The lowest BCUT2D eigenvalue weighted by Crippen LogP contribution is -2.33. The minimum absolute atomic E-state index is 0.0811. The largest absolute Gasteiger partial charge is 0.391 e. The second-order valence-corrected chi connectivity index (χ2v) is 7.39. The van der Waals surface area contributed by atoms with Crippen molar-refractivity contribution in [1.82, 2.24) is 4.72 Å². The molecule has 0 aliphatic rings. The molecule has 1 aromatic rings. The lowest BCUT2D eigenvalue weighted by atomic mass is 10.0. The van der Waals surface area contributed by atoms with Gasteiger partial charge in [-0.3, -0.25) is 0 Å². The van der Waals surface area contributed by atoms with Crippen LogP contribution in [-0.4, -0.2) is 19.6 Å². The number of hydrogen-bond acceptors (Lipinski definition) is 4. The molecular weight excluding hydrogens is 270 g/mol. The Labute approximate surface area is 113 Å². The van der Waals surface area contributed by atoms with E-state index in [2.05, 4.69) is 18.6 Å². The van der Waals surface area contributed by atoms with E-state index in [9.17, 15) is 8.42 Å². The Morgan fingerprint density at radius 1 is 1.44 bits per heavy atom. The van der Waals surface area contributed by atoms with Gasteiger partial charge in [0.15, 0.2) is 0 Å². The highest BCUT2D eigenvalue weighted by atomic mass is 32.2. The molecule has 4 nitrogen and oxygen atoms in total. The Balaban J connectivity index is 2.69. The van der Waals surface area contributed by atoms with E-state index < -0.39 is 10.0 Å². The smallest absolute Gasteiger partial charge is 0.241 e. The van der Waals surface area contributed by atoms with Crippen LogP contribution in [0.1, 0.15) is 38.5 Å². The van der Waals surface area contributed by atoms with Gasteiger partial charge >= 0.3 is 0 Å². The molecular formula is C12H21NO3S2. The molecule has 1 aromatic heterocycles. The number of thiophene rings is 1. The van der Waals surface area contributed by atoms with Crippen LogP contribution in [0.3, 0.4) is 0 Å². The molecule has 0 spiro atoms. The van der Waals surface area contributed by atoms with Crippen LogP contribution >= 0.6 is 11.3 Å². The molecule has 2 atom stereocenters. The second kappa shape index (κ2) is 6.65. The molecule has 1 rings (SSSR count). The number of hydrogen-bond donors (Lipinski definition) is 2. The standard InChI is InChI=1S/C12H21NO3S2/c1-4-9(2)5-10(3)13-18(15,16)12-6-11(7-14)17-8-12/h6,8-10,13-14H,4-5,7H2,1-3H3. The fraction of sp³-hybridized carbons (Fsp3) is 0.667. The predicted molar refractivity (Wildman–Crippen MR) is 74.1 cm³/mol. The van der Waals surface area contributed by atoms with E-state index in [0.29, 0.717) is 10.8 Å². The van der Waals surface area contributed by atoms with Crippen LogP contribution in [0.25, 0.3) is 0 Å². The Hall–Kier alpha value is -0.430. The van der Waals surface area contributed by atoms with Gasteiger partial charge in [0, 0.05) is 16.3 Å². The molecule has 0 fully saturated rings. The van der Waals surface area contributed by atoms with Crippen LogP contribution in [-0.2, 0) is 16.6 Å². The van der Waals surface area contributed by atoms with Crippen LogP contribution in [0.2, 0.25) is 0 Å². The summed E-state index contributed by atoms with van der Waals surface area (Å²) in [6.45, 7) is 5.96. The van der Waals surface area contributed by atoms with E-state index in [-0.39, 0.29) is 17.5 Å². The maximum atomic E-state index is 12.1. The van der Waals surface area contributed by atoms with Crippen LogP contribution in [0.4, 0.5) is 0 Å². The lowest BCUT2D eigenvalue weighted by molar-refractivity contribution is 0.285. The molecule has 0 aliphatic carbocycles. The van der Waals surface area contributed by atoms with Crippen molar-refractivity contribution in [2.24, 2.45) is 5.92 Å². The maximum Gasteiger partial charge on any atom is 0.241 e. The molecule has 0 radical (unpaired) electrons. The fourth-order valence-electron chi connectivity index (χ4n) is 1.74. The van der Waals surface area contributed by atoms with Crippen LogP contribution in [0, 0.1) is 5.92 Å². The molecule has 0 aromatic carbocycles. The molecule has 0 bridgehead atoms. The van der Waals surface area contributed by atoms with Crippen molar-refractivity contribution < 1.29 is 13.5 Å². The van der Waals surface area contributed by atoms with E-state index in [1.165, 1.54) is 17.4 Å². The van der Waals surface area contributed by atoms with Gasteiger partial charge in [-0.1, -0.05) is 20.3 Å². The average molecular weight is 291 g/mol. The first-order valence-electron chi connectivity index (χ1n) is 6.09. The molecule has 18 heavy (non-hydrogen) atoms. The monoisotopic (exact) mass is 291 g/mol. The molecule has 0 saturated heterocycles. The average Bonchev–Trinajstić information content (AvgIpc) is 2.77. The normalized spacial score (nSPS) is 15.6. The molecule has 0 amide bonds. The van der Waals surface area contributed by atoms with Crippen molar-refractivity contribution in [1.29, 1.82) is 0 Å². The van der Waals surface area contributed by atoms with Crippen molar-refractivity contribution in [3.8, 4) is 0 Å². The van der Waals surface area contributed by atoms with Crippen molar-refractivity contribution in [2.45, 2.75) is 51.2 Å². The van der Waals surface area contributed by atoms with E-state index >= 15 is 0 Å². The fourth-order valence-corrected chi connectivity index (χ4v) is 4.13. The summed E-state index contributed by atoms with van der Waals surface area (Å²) in [5.41, 5.74) is 0. The summed E-state index contributed by atoms with van der Waals surface area (Å²) in [6, 6.07) is 1.44. The third-order valence-electron chi connectivity index (χ3n) is 2.91. The number of aliphatic hydroxyl groups excluding tert-OH is 1. The van der Waals surface area contributed by atoms with Gasteiger partial charge in [0.1, 0.15) is 0 Å². The van der Waals surface area contributed by atoms with E-state index in [1.54, 1.807) is 5.38 Å². The number of nitrogens with one attached hydrogen (secondary N) is 1. The first-order valence-corrected chi connectivity index (χ1v) is 8.46. The summed E-state index contributed by atoms with van der Waals surface area (Å²) in [7, 11) is -3.45. The molecule has 0 saturated carbocycles. The second-order valence-electron chi connectivity index (χ2n) is 4.68. The summed E-state index contributed by atoms with van der Waals surface area (Å²) in [5.74, 6) is 0.498. The summed E-state index contributed by atoms with van der Waals surface area (Å²) in [4.78, 5) is 0.900. The van der Waals surface area contributed by atoms with Gasteiger partial charge in [0.2, 0.25) is 10.0 Å². The van der Waals surface area contributed by atoms with Crippen LogP contribution in [0.15, 0.2) is 16.3 Å². The quantitative estimate of drug-likeness (QED) is 0.810. The Morgan fingerprint density at radius 3 is 2.61 bits per heavy atom. The predicted octanol–water partition coefficient (Wildman–Crippen LogP) is 2.34. The molecule has 6 heteroatoms. The van der Waals surface area contributed by atoms with Crippen LogP contribution < -0.4 is 4.72 Å². The Kier molecular flexibility index (Phi) is 5.78. The third kappa shape index (κ3) is 4.35. The zero-order chi connectivity index (χ0) is 13.8. The first-order chi connectivity index (χ1) is 8.39. The third-order valence-corrected chi connectivity index (χ3v) is 5.54. The van der Waals surface area contributed by atoms with E-state index in [1.807, 2.05) is 6.92 Å². The van der Waals surface area contributed by atoms with Gasteiger partial charge in [-0.25, -0.2) is 13.1 Å². The molecule has 2 unspecified atom stereocenters. The van der Waals surface area contributed by atoms with Crippen molar-refractivity contribution in [3.05, 3.63) is 16.3 Å². The first kappa shape index (κ1) is 15.6. The highest BCUT2D eigenvalue weighted by molar-refractivity contribution is 7.89. The van der Waals surface area contributed by atoms with E-state index in [4.69, 9.17) is 5.11 Å². The van der Waals surface area contributed by atoms with Crippen molar-refractivity contribution >= 4 is 21.4 Å². The Morgan fingerprint density at radius 2 is 2.11 bits per heavy atom. The highest BCUT2D eigenvalue weighted by Crippen LogP contribution is 2.20. The minimum atomic E-state index is -3.45. The SMILES string of the molecule is CCC(C)CC(C)NS(=O)(=O)c1csc(CO)c1. The Bertz CT molecular complexity index is 467. The van der Waals surface area contributed by atoms with Crippen LogP contribution in [0.5, 0.6) is 0 Å². The molecule has 2 N–H and O–H groups in total. The highest BCUT2D eigenvalue weighted by Gasteiger charge is 2.19. The molecule has 104 valence electrons. The van der Waals surface area contributed by atoms with E-state index in [0.717, 1.165) is 12.8 Å². The zero-order valence-corrected chi connectivity index (χ0v) is 12.6. The van der Waals surface area contributed by atoms with Gasteiger partial charge < -0.3 is 5.11 Å². The van der Waals surface area contributed by atoms with Gasteiger partial charge in [0.05, 0.1) is 11.5 Å². The summed E-state index contributed by atoms with van der Waals surface area (Å²) >= 11 is 1.25. The van der Waals surface area contributed by atoms with Gasteiger partial charge in [0.25, 0.3) is 0 Å². The number of aliphatic hydroxyl groups is 1. The minimum Gasteiger partial charge on any atom is -0.391 e. The summed E-state index contributed by atoms with van der Waals surface area (Å²) < 4.78 is 26.8. The van der Waals surface area contributed by atoms with Gasteiger partial charge in [-0.2, -0.15) is 0 Å². The topological polar surface area (TPSA) is 66.4 Å². The summed E-state index contributed by atoms with van der Waals surface area (Å²) in [5, 5.41) is 10.5.